The SMILES string of the molecule is Cc1nsc2ncn(C[C@H](O)CN3C[C@@H](C)O[C@@H](C)C3)c(=O)c12. The van der Waals surface area contributed by atoms with Crippen LogP contribution in [0, 0.1) is 6.92 Å². The zero-order valence-electron chi connectivity index (χ0n) is 13.6. The van der Waals surface area contributed by atoms with E-state index in [1.807, 2.05) is 13.8 Å². The van der Waals surface area contributed by atoms with Crippen LogP contribution < -0.4 is 5.56 Å². The van der Waals surface area contributed by atoms with Gasteiger partial charge in [0.05, 0.1) is 42.3 Å². The molecule has 23 heavy (non-hydrogen) atoms. The van der Waals surface area contributed by atoms with Crippen molar-refractivity contribution in [2.75, 3.05) is 19.6 Å². The summed E-state index contributed by atoms with van der Waals surface area (Å²) in [6, 6.07) is 0. The average molecular weight is 338 g/mol. The molecule has 126 valence electrons. The van der Waals surface area contributed by atoms with Crippen LogP contribution in [0.2, 0.25) is 0 Å². The van der Waals surface area contributed by atoms with E-state index >= 15 is 0 Å². The molecule has 0 unspecified atom stereocenters. The van der Waals surface area contributed by atoms with E-state index in [1.54, 1.807) is 6.92 Å². The molecular formula is C15H22N4O3S. The number of β-amino-alcohol motifs (C(OH)–C–C–N with tert-alkyl or cyclic N) is 1. The number of morpholine rings is 1. The van der Waals surface area contributed by atoms with Crippen LogP contribution >= 0.6 is 11.5 Å². The third kappa shape index (κ3) is 3.60. The van der Waals surface area contributed by atoms with E-state index in [1.165, 1.54) is 22.4 Å². The molecule has 0 spiro atoms. The van der Waals surface area contributed by atoms with Gasteiger partial charge in [-0.1, -0.05) is 0 Å². The van der Waals surface area contributed by atoms with E-state index in [-0.39, 0.29) is 24.3 Å². The van der Waals surface area contributed by atoms with E-state index in [0.29, 0.717) is 22.5 Å². The number of fused-ring (bicyclic) bond motifs is 1. The maximum absolute atomic E-state index is 12.5. The number of hydrogen-bond donors (Lipinski definition) is 1. The van der Waals surface area contributed by atoms with Crippen molar-refractivity contribution >= 4 is 21.7 Å². The lowest BCUT2D eigenvalue weighted by molar-refractivity contribution is -0.0773. The summed E-state index contributed by atoms with van der Waals surface area (Å²) >= 11 is 1.23. The highest BCUT2D eigenvalue weighted by molar-refractivity contribution is 7.12. The minimum absolute atomic E-state index is 0.135. The second kappa shape index (κ2) is 6.64. The normalized spacial score (nSPS) is 24.2. The van der Waals surface area contributed by atoms with Crippen LogP contribution in [-0.2, 0) is 11.3 Å². The predicted molar refractivity (Wildman–Crippen MR) is 88.9 cm³/mol. The second-order valence-corrected chi connectivity index (χ2v) is 7.03. The Morgan fingerprint density at radius 1 is 1.39 bits per heavy atom. The highest BCUT2D eigenvalue weighted by Crippen LogP contribution is 2.15. The van der Waals surface area contributed by atoms with Gasteiger partial charge in [-0.3, -0.25) is 14.3 Å². The third-order valence-electron chi connectivity index (χ3n) is 4.01. The van der Waals surface area contributed by atoms with Gasteiger partial charge in [-0.15, -0.1) is 0 Å². The zero-order chi connectivity index (χ0) is 16.6. The van der Waals surface area contributed by atoms with Crippen LogP contribution in [-0.4, -0.2) is 61.9 Å². The van der Waals surface area contributed by atoms with Crippen LogP contribution in [0.15, 0.2) is 11.1 Å². The lowest BCUT2D eigenvalue weighted by Gasteiger charge is -2.36. The summed E-state index contributed by atoms with van der Waals surface area (Å²) in [5, 5.41) is 10.9. The summed E-state index contributed by atoms with van der Waals surface area (Å²) in [6.07, 6.45) is 1.18. The first-order valence-corrected chi connectivity index (χ1v) is 8.58. The quantitative estimate of drug-likeness (QED) is 0.881. The van der Waals surface area contributed by atoms with E-state index in [9.17, 15) is 9.90 Å². The third-order valence-corrected chi connectivity index (χ3v) is 4.85. The van der Waals surface area contributed by atoms with Crippen LogP contribution in [0.5, 0.6) is 0 Å². The Bertz CT molecular complexity index is 734. The summed E-state index contributed by atoms with van der Waals surface area (Å²) in [5.41, 5.74) is 0.561. The Morgan fingerprint density at radius 3 is 2.78 bits per heavy atom. The molecule has 3 rings (SSSR count). The van der Waals surface area contributed by atoms with Crippen molar-refractivity contribution in [3.05, 3.63) is 22.4 Å². The lowest BCUT2D eigenvalue weighted by atomic mass is 10.2. The fourth-order valence-electron chi connectivity index (χ4n) is 3.16. The minimum Gasteiger partial charge on any atom is -0.390 e. The number of aliphatic hydroxyl groups excluding tert-OH is 1. The van der Waals surface area contributed by atoms with Crippen LogP contribution in [0.25, 0.3) is 10.2 Å². The molecule has 0 amide bonds. The fourth-order valence-corrected chi connectivity index (χ4v) is 3.89. The molecule has 3 atom stereocenters. The maximum atomic E-state index is 12.5. The number of aromatic nitrogens is 3. The Labute approximate surface area is 138 Å². The topological polar surface area (TPSA) is 80.5 Å². The minimum atomic E-state index is -0.628. The van der Waals surface area contributed by atoms with Gasteiger partial charge in [-0.25, -0.2) is 4.98 Å². The lowest BCUT2D eigenvalue weighted by Crippen LogP contribution is -2.48. The molecule has 3 heterocycles. The molecule has 1 fully saturated rings. The molecule has 1 aliphatic heterocycles. The van der Waals surface area contributed by atoms with Crippen molar-refractivity contribution in [1.82, 2.24) is 18.8 Å². The highest BCUT2D eigenvalue weighted by atomic mass is 32.1. The number of aliphatic hydroxyl groups is 1. The summed E-state index contributed by atoms with van der Waals surface area (Å²) in [4.78, 5) is 19.6. The van der Waals surface area contributed by atoms with Crippen molar-refractivity contribution in [3.8, 4) is 0 Å². The second-order valence-electron chi connectivity index (χ2n) is 6.28. The number of aryl methyl sites for hydroxylation is 1. The van der Waals surface area contributed by atoms with Crippen molar-refractivity contribution < 1.29 is 9.84 Å². The van der Waals surface area contributed by atoms with Crippen molar-refractivity contribution in [1.29, 1.82) is 0 Å². The average Bonchev–Trinajstić information content (AvgIpc) is 2.83. The molecule has 2 aromatic heterocycles. The highest BCUT2D eigenvalue weighted by Gasteiger charge is 2.24. The predicted octanol–water partition coefficient (Wildman–Crippen LogP) is 0.632. The standard InChI is InChI=1S/C15H22N4O3S/c1-9-4-18(5-10(2)22-9)6-12(20)7-19-8-16-14-13(15(19)21)11(3)17-23-14/h8-10,12,20H,4-7H2,1-3H3/t9-,10+,12-/m1/s1. The van der Waals surface area contributed by atoms with Crippen molar-refractivity contribution in [2.45, 2.75) is 45.6 Å². The monoisotopic (exact) mass is 338 g/mol. The van der Waals surface area contributed by atoms with Gasteiger partial charge in [-0.05, 0) is 32.3 Å². The van der Waals surface area contributed by atoms with Gasteiger partial charge in [0, 0.05) is 19.6 Å². The summed E-state index contributed by atoms with van der Waals surface area (Å²) < 4.78 is 11.3. The summed E-state index contributed by atoms with van der Waals surface area (Å²) in [7, 11) is 0. The van der Waals surface area contributed by atoms with Crippen LogP contribution in [0.4, 0.5) is 0 Å². The van der Waals surface area contributed by atoms with Crippen molar-refractivity contribution in [2.24, 2.45) is 0 Å². The molecule has 2 aromatic rings. The summed E-state index contributed by atoms with van der Waals surface area (Å²) in [6.45, 7) is 8.20. The van der Waals surface area contributed by atoms with E-state index in [4.69, 9.17) is 4.74 Å². The number of hydrogen-bond acceptors (Lipinski definition) is 7. The van der Waals surface area contributed by atoms with E-state index in [2.05, 4.69) is 14.3 Å². The first-order chi connectivity index (χ1) is 10.9. The first kappa shape index (κ1) is 16.5. The van der Waals surface area contributed by atoms with Crippen LogP contribution in [0.3, 0.4) is 0 Å². The van der Waals surface area contributed by atoms with Gasteiger partial charge >= 0.3 is 0 Å². The summed E-state index contributed by atoms with van der Waals surface area (Å²) in [5.74, 6) is 0. The first-order valence-electron chi connectivity index (χ1n) is 7.81. The number of rotatable bonds is 4. The molecule has 8 heteroatoms. The Hall–Kier alpha value is -1.35. The Kier molecular flexibility index (Phi) is 4.77. The van der Waals surface area contributed by atoms with Gasteiger partial charge in [0.1, 0.15) is 0 Å². The molecule has 0 saturated carbocycles. The fraction of sp³-hybridized carbons (Fsp3) is 0.667. The molecule has 0 aromatic carbocycles. The Balaban J connectivity index is 1.70. The molecule has 1 aliphatic rings. The van der Waals surface area contributed by atoms with E-state index < -0.39 is 6.10 Å². The molecule has 0 bridgehead atoms. The molecule has 7 nitrogen and oxygen atoms in total. The molecule has 0 aliphatic carbocycles. The van der Waals surface area contributed by atoms with E-state index in [0.717, 1.165) is 13.1 Å². The Morgan fingerprint density at radius 2 is 2.09 bits per heavy atom. The van der Waals surface area contributed by atoms with Gasteiger partial charge in [0.2, 0.25) is 0 Å². The molecule has 0 radical (unpaired) electrons. The molecule has 1 N–H and O–H groups in total. The van der Waals surface area contributed by atoms with Gasteiger partial charge in [-0.2, -0.15) is 4.37 Å². The van der Waals surface area contributed by atoms with Gasteiger partial charge in [0.25, 0.3) is 5.56 Å². The van der Waals surface area contributed by atoms with Gasteiger partial charge in [0.15, 0.2) is 4.83 Å². The number of nitrogens with zero attached hydrogens (tertiary/aromatic N) is 4. The smallest absolute Gasteiger partial charge is 0.264 e. The largest absolute Gasteiger partial charge is 0.390 e. The van der Waals surface area contributed by atoms with Crippen molar-refractivity contribution in [3.63, 3.8) is 0 Å². The molecule has 1 saturated heterocycles. The zero-order valence-corrected chi connectivity index (χ0v) is 14.4. The number of ether oxygens (including phenoxy) is 1. The maximum Gasteiger partial charge on any atom is 0.264 e. The van der Waals surface area contributed by atoms with Crippen LogP contribution in [0.1, 0.15) is 19.5 Å². The van der Waals surface area contributed by atoms with Gasteiger partial charge < -0.3 is 9.84 Å². The molecular weight excluding hydrogens is 316 g/mol.